The van der Waals surface area contributed by atoms with Gasteiger partial charge in [-0.15, -0.1) is 0 Å². The molecule has 0 saturated carbocycles. The van der Waals surface area contributed by atoms with Crippen molar-refractivity contribution in [3.05, 3.63) is 54.1 Å². The molecule has 132 valence electrons. The Morgan fingerprint density at radius 1 is 1.12 bits per heavy atom. The first-order valence-corrected chi connectivity index (χ1v) is 8.23. The number of carbonyl (C=O) groups is 2. The molecule has 0 radical (unpaired) electrons. The van der Waals surface area contributed by atoms with E-state index in [-0.39, 0.29) is 24.3 Å². The molecule has 2 amide bonds. The van der Waals surface area contributed by atoms with Crippen LogP contribution in [0.2, 0.25) is 0 Å². The molecule has 0 fully saturated rings. The van der Waals surface area contributed by atoms with Crippen LogP contribution < -0.4 is 15.0 Å². The summed E-state index contributed by atoms with van der Waals surface area (Å²) in [7, 11) is 1.57. The van der Waals surface area contributed by atoms with Crippen LogP contribution in [0.4, 0.5) is 11.4 Å². The number of para-hydroxylation sites is 1. The van der Waals surface area contributed by atoms with Gasteiger partial charge in [-0.3, -0.25) is 9.59 Å². The quantitative estimate of drug-likeness (QED) is 0.870. The number of carbonyl (C=O) groups excluding carboxylic acids is 2. The van der Waals surface area contributed by atoms with Crippen LogP contribution >= 0.6 is 0 Å². The van der Waals surface area contributed by atoms with E-state index in [4.69, 9.17) is 4.74 Å². The topological polar surface area (TPSA) is 58.6 Å². The first-order valence-electron chi connectivity index (χ1n) is 8.23. The summed E-state index contributed by atoms with van der Waals surface area (Å²) >= 11 is 0. The minimum Gasteiger partial charge on any atom is -0.497 e. The normalized spacial score (nSPS) is 10.4. The lowest BCUT2D eigenvalue weighted by Gasteiger charge is -2.25. The number of ether oxygens (including phenoxy) is 1. The lowest BCUT2D eigenvalue weighted by molar-refractivity contribution is -0.120. The summed E-state index contributed by atoms with van der Waals surface area (Å²) in [6.07, 6.45) is 0. The summed E-state index contributed by atoms with van der Waals surface area (Å²) in [6, 6.07) is 14.8. The van der Waals surface area contributed by atoms with Crippen LogP contribution in [0.5, 0.6) is 5.75 Å². The maximum absolute atomic E-state index is 12.4. The van der Waals surface area contributed by atoms with Crippen molar-refractivity contribution < 1.29 is 14.3 Å². The number of anilines is 2. The second-order valence-electron chi connectivity index (χ2n) is 6.10. The van der Waals surface area contributed by atoms with Gasteiger partial charge in [0.2, 0.25) is 11.8 Å². The Balaban J connectivity index is 2.19. The van der Waals surface area contributed by atoms with Crippen LogP contribution in [-0.4, -0.2) is 25.5 Å². The van der Waals surface area contributed by atoms with E-state index >= 15 is 0 Å². The highest BCUT2D eigenvalue weighted by Crippen LogP contribution is 2.27. The van der Waals surface area contributed by atoms with E-state index in [0.717, 1.165) is 11.3 Å². The number of benzene rings is 2. The minimum atomic E-state index is -0.262. The highest BCUT2D eigenvalue weighted by Gasteiger charge is 2.19. The van der Waals surface area contributed by atoms with Crippen molar-refractivity contribution >= 4 is 23.2 Å². The van der Waals surface area contributed by atoms with Gasteiger partial charge in [0.15, 0.2) is 0 Å². The molecule has 0 spiro atoms. The van der Waals surface area contributed by atoms with Crippen molar-refractivity contribution in [2.45, 2.75) is 26.7 Å². The second kappa shape index (κ2) is 8.33. The standard InChI is InChI=1S/C20H24N2O3/c1-14(2)18-10-5-6-11-19(18)22(15(3)23)13-20(24)21-16-8-7-9-17(12-16)25-4/h5-12,14H,13H2,1-4H3,(H,21,24). The summed E-state index contributed by atoms with van der Waals surface area (Å²) in [4.78, 5) is 26.1. The number of nitrogens with zero attached hydrogens (tertiary/aromatic N) is 1. The van der Waals surface area contributed by atoms with Crippen LogP contribution in [0.1, 0.15) is 32.3 Å². The molecule has 0 unspecified atom stereocenters. The third-order valence-electron chi connectivity index (χ3n) is 3.88. The molecule has 5 nitrogen and oxygen atoms in total. The summed E-state index contributed by atoms with van der Waals surface area (Å²) in [6.45, 7) is 5.55. The van der Waals surface area contributed by atoms with E-state index in [1.165, 1.54) is 11.8 Å². The zero-order valence-electron chi connectivity index (χ0n) is 15.1. The van der Waals surface area contributed by atoms with Gasteiger partial charge in [-0.05, 0) is 29.7 Å². The van der Waals surface area contributed by atoms with Gasteiger partial charge in [-0.2, -0.15) is 0 Å². The molecule has 2 aromatic rings. The fraction of sp³-hybridized carbons (Fsp3) is 0.300. The van der Waals surface area contributed by atoms with E-state index in [2.05, 4.69) is 19.2 Å². The molecule has 0 aromatic heterocycles. The Hall–Kier alpha value is -2.82. The smallest absolute Gasteiger partial charge is 0.244 e. The lowest BCUT2D eigenvalue weighted by Crippen LogP contribution is -2.37. The monoisotopic (exact) mass is 340 g/mol. The average Bonchev–Trinajstić information content (AvgIpc) is 2.59. The van der Waals surface area contributed by atoms with Crippen molar-refractivity contribution in [1.29, 1.82) is 0 Å². The van der Waals surface area contributed by atoms with Crippen molar-refractivity contribution in [3.8, 4) is 5.75 Å². The Morgan fingerprint density at radius 2 is 1.84 bits per heavy atom. The van der Waals surface area contributed by atoms with E-state index in [1.54, 1.807) is 31.4 Å². The van der Waals surface area contributed by atoms with E-state index in [9.17, 15) is 9.59 Å². The van der Waals surface area contributed by atoms with Gasteiger partial charge in [0.05, 0.1) is 7.11 Å². The number of methoxy groups -OCH3 is 1. The Kier molecular flexibility index (Phi) is 6.17. The first-order chi connectivity index (χ1) is 11.9. The van der Waals surface area contributed by atoms with Gasteiger partial charge in [0.1, 0.15) is 12.3 Å². The SMILES string of the molecule is COc1cccc(NC(=O)CN(C(C)=O)c2ccccc2C(C)C)c1. The van der Waals surface area contributed by atoms with Gasteiger partial charge in [-0.25, -0.2) is 0 Å². The summed E-state index contributed by atoms with van der Waals surface area (Å²) < 4.78 is 5.15. The molecular formula is C20H24N2O3. The molecule has 0 bridgehead atoms. The van der Waals surface area contributed by atoms with Gasteiger partial charge < -0.3 is 15.0 Å². The summed E-state index contributed by atoms with van der Waals surface area (Å²) in [5.74, 6) is 0.474. The van der Waals surface area contributed by atoms with Crippen molar-refractivity contribution in [1.82, 2.24) is 0 Å². The number of rotatable bonds is 6. The molecule has 1 N–H and O–H groups in total. The number of hydrogen-bond donors (Lipinski definition) is 1. The second-order valence-corrected chi connectivity index (χ2v) is 6.10. The summed E-state index contributed by atoms with van der Waals surface area (Å²) in [5, 5.41) is 2.81. The Morgan fingerprint density at radius 3 is 2.48 bits per heavy atom. The van der Waals surface area contributed by atoms with Crippen LogP contribution in [-0.2, 0) is 9.59 Å². The molecule has 5 heteroatoms. The van der Waals surface area contributed by atoms with Crippen molar-refractivity contribution in [2.24, 2.45) is 0 Å². The molecule has 0 heterocycles. The molecular weight excluding hydrogens is 316 g/mol. The molecule has 2 rings (SSSR count). The molecule has 25 heavy (non-hydrogen) atoms. The fourth-order valence-electron chi connectivity index (χ4n) is 2.63. The minimum absolute atomic E-state index is 0.0454. The average molecular weight is 340 g/mol. The third-order valence-corrected chi connectivity index (χ3v) is 3.88. The predicted octanol–water partition coefficient (Wildman–Crippen LogP) is 3.81. The van der Waals surface area contributed by atoms with Gasteiger partial charge in [0, 0.05) is 24.4 Å². The molecule has 2 aromatic carbocycles. The fourth-order valence-corrected chi connectivity index (χ4v) is 2.63. The zero-order chi connectivity index (χ0) is 18.4. The molecule has 0 aliphatic carbocycles. The van der Waals surface area contributed by atoms with Crippen LogP contribution in [0.25, 0.3) is 0 Å². The van der Waals surface area contributed by atoms with Crippen LogP contribution in [0, 0.1) is 0 Å². The zero-order valence-corrected chi connectivity index (χ0v) is 15.1. The number of nitrogens with one attached hydrogen (secondary N) is 1. The maximum atomic E-state index is 12.4. The van der Waals surface area contributed by atoms with Gasteiger partial charge in [0.25, 0.3) is 0 Å². The third kappa shape index (κ3) is 4.83. The Labute approximate surface area is 148 Å². The lowest BCUT2D eigenvalue weighted by atomic mass is 10.0. The highest BCUT2D eigenvalue weighted by molar-refractivity contribution is 6.02. The number of amides is 2. The molecule has 0 aliphatic heterocycles. The van der Waals surface area contributed by atoms with Gasteiger partial charge in [-0.1, -0.05) is 38.1 Å². The first kappa shape index (κ1) is 18.5. The van der Waals surface area contributed by atoms with Crippen molar-refractivity contribution in [3.63, 3.8) is 0 Å². The van der Waals surface area contributed by atoms with E-state index in [0.29, 0.717) is 11.4 Å². The van der Waals surface area contributed by atoms with Crippen molar-refractivity contribution in [2.75, 3.05) is 23.9 Å². The molecule has 0 atom stereocenters. The van der Waals surface area contributed by atoms with E-state index in [1.807, 2.05) is 24.3 Å². The maximum Gasteiger partial charge on any atom is 0.244 e. The van der Waals surface area contributed by atoms with Crippen LogP contribution in [0.3, 0.4) is 0 Å². The van der Waals surface area contributed by atoms with Crippen LogP contribution in [0.15, 0.2) is 48.5 Å². The Bertz CT molecular complexity index is 756. The van der Waals surface area contributed by atoms with E-state index < -0.39 is 0 Å². The summed E-state index contributed by atoms with van der Waals surface area (Å²) in [5.41, 5.74) is 2.43. The molecule has 0 aliphatic rings. The largest absolute Gasteiger partial charge is 0.497 e. The number of hydrogen-bond acceptors (Lipinski definition) is 3. The predicted molar refractivity (Wildman–Crippen MR) is 100 cm³/mol. The molecule has 0 saturated heterocycles. The highest BCUT2D eigenvalue weighted by atomic mass is 16.5. The van der Waals surface area contributed by atoms with Gasteiger partial charge >= 0.3 is 0 Å².